The molecule has 2 aromatic carbocycles. The first-order chi connectivity index (χ1) is 17.3. The molecule has 0 aliphatic carbocycles. The molecule has 190 valence electrons. The van der Waals surface area contributed by atoms with Crippen molar-refractivity contribution in [3.05, 3.63) is 86.7 Å². The quantitative estimate of drug-likeness (QED) is 0.336. The maximum absolute atomic E-state index is 12.1. The molecule has 36 heavy (non-hydrogen) atoms. The van der Waals surface area contributed by atoms with Crippen LogP contribution in [0, 0.1) is 6.92 Å². The largest absolute Gasteiger partial charge is 0.497 e. The first kappa shape index (κ1) is 25.4. The average Bonchev–Trinajstić information content (AvgIpc) is 3.25. The van der Waals surface area contributed by atoms with Crippen molar-refractivity contribution in [1.29, 1.82) is 0 Å². The van der Waals surface area contributed by atoms with Gasteiger partial charge in [-0.2, -0.15) is 0 Å². The number of ether oxygens (including phenoxy) is 3. The summed E-state index contributed by atoms with van der Waals surface area (Å²) in [6.45, 7) is 2.28. The zero-order chi connectivity index (χ0) is 25.7. The van der Waals surface area contributed by atoms with Gasteiger partial charge in [-0.05, 0) is 61.1 Å². The van der Waals surface area contributed by atoms with Crippen LogP contribution in [0.5, 0.6) is 11.5 Å². The third kappa shape index (κ3) is 6.30. The molecule has 3 atom stereocenters. The number of hydrogen-bond donors (Lipinski definition) is 4. The molecule has 4 N–H and O–H groups in total. The van der Waals surface area contributed by atoms with E-state index < -0.39 is 29.7 Å². The maximum Gasteiger partial charge on any atom is 0.330 e. The highest BCUT2D eigenvalue weighted by atomic mass is 32.1. The van der Waals surface area contributed by atoms with Crippen molar-refractivity contribution in [3.63, 3.8) is 0 Å². The van der Waals surface area contributed by atoms with Crippen LogP contribution in [0.3, 0.4) is 0 Å². The van der Waals surface area contributed by atoms with E-state index in [1.54, 1.807) is 14.0 Å². The van der Waals surface area contributed by atoms with Crippen LogP contribution in [0.1, 0.15) is 23.8 Å². The summed E-state index contributed by atoms with van der Waals surface area (Å²) in [5.41, 5.74) is 1.16. The second-order valence-corrected chi connectivity index (χ2v) is 8.82. The van der Waals surface area contributed by atoms with Gasteiger partial charge in [0, 0.05) is 30.4 Å². The van der Waals surface area contributed by atoms with E-state index in [1.165, 1.54) is 10.8 Å². The number of nitrogens with zero attached hydrogens (tertiary/aromatic N) is 1. The van der Waals surface area contributed by atoms with Crippen LogP contribution in [-0.4, -0.2) is 45.6 Å². The number of aromatic amines is 1. The van der Waals surface area contributed by atoms with Gasteiger partial charge in [0.1, 0.15) is 30.4 Å². The van der Waals surface area contributed by atoms with Crippen LogP contribution in [0.15, 0.2) is 64.3 Å². The van der Waals surface area contributed by atoms with Gasteiger partial charge in [-0.1, -0.05) is 12.1 Å². The fourth-order valence-electron chi connectivity index (χ4n) is 3.76. The number of methoxy groups -OCH3 is 1. The van der Waals surface area contributed by atoms with Crippen molar-refractivity contribution < 1.29 is 19.3 Å². The molecule has 0 spiro atoms. The average molecular weight is 513 g/mol. The number of nitrogens with one attached hydrogen (secondary N) is 3. The monoisotopic (exact) mass is 512 g/mol. The van der Waals surface area contributed by atoms with Gasteiger partial charge in [0.2, 0.25) is 0 Å². The van der Waals surface area contributed by atoms with Crippen molar-refractivity contribution in [3.8, 4) is 11.5 Å². The minimum absolute atomic E-state index is 0.218. The van der Waals surface area contributed by atoms with Crippen LogP contribution < -0.4 is 31.4 Å². The highest BCUT2D eigenvalue weighted by molar-refractivity contribution is 7.80. The van der Waals surface area contributed by atoms with Gasteiger partial charge >= 0.3 is 5.69 Å². The summed E-state index contributed by atoms with van der Waals surface area (Å²) in [4.78, 5) is 25.9. The number of hydrogen-bond acceptors (Lipinski definition) is 7. The molecule has 1 fully saturated rings. The lowest BCUT2D eigenvalue weighted by Gasteiger charge is -2.18. The highest BCUT2D eigenvalue weighted by Gasteiger charge is 2.35. The van der Waals surface area contributed by atoms with E-state index in [2.05, 4.69) is 15.6 Å². The summed E-state index contributed by atoms with van der Waals surface area (Å²) in [7, 11) is 1.63. The molecule has 4 rings (SSSR count). The minimum Gasteiger partial charge on any atom is -0.497 e. The third-order valence-electron chi connectivity index (χ3n) is 5.80. The summed E-state index contributed by atoms with van der Waals surface area (Å²) in [6.07, 6.45) is -0.406. The fraction of sp³-hybridized carbons (Fsp3) is 0.320. The van der Waals surface area contributed by atoms with Gasteiger partial charge in [-0.15, -0.1) is 0 Å². The van der Waals surface area contributed by atoms with Gasteiger partial charge in [-0.3, -0.25) is 14.3 Å². The molecular formula is C25H28N4O6S. The second kappa shape index (κ2) is 11.4. The molecule has 1 aromatic heterocycles. The molecule has 0 saturated carbocycles. The standard InChI is InChI=1S/C25H28N4O6S/c1-15-13-29(25(32)28-23(15)31)22-11-20(30)21(35-22)12-26-24(36)27-17-5-9-19(10-6-17)34-14-16-3-7-18(33-2)8-4-16/h3-10,13,20-22,30H,11-12,14H2,1-2H3,(H2,26,27,36)(H,28,31,32)/t20-,21+,22-/m0/s1. The molecule has 1 aliphatic heterocycles. The Hall–Kier alpha value is -3.67. The molecule has 2 heterocycles. The zero-order valence-corrected chi connectivity index (χ0v) is 20.7. The van der Waals surface area contributed by atoms with Gasteiger partial charge in [0.05, 0.1) is 13.2 Å². The Balaban J connectivity index is 1.24. The lowest BCUT2D eigenvalue weighted by atomic mass is 10.2. The molecule has 10 nitrogen and oxygen atoms in total. The predicted molar refractivity (Wildman–Crippen MR) is 139 cm³/mol. The molecule has 0 unspecified atom stereocenters. The smallest absolute Gasteiger partial charge is 0.330 e. The Labute approximate surface area is 212 Å². The predicted octanol–water partition coefficient (Wildman–Crippen LogP) is 2.07. The number of H-pyrrole nitrogens is 1. The van der Waals surface area contributed by atoms with Crippen LogP contribution in [0.4, 0.5) is 5.69 Å². The van der Waals surface area contributed by atoms with Crippen molar-refractivity contribution in [1.82, 2.24) is 14.9 Å². The van der Waals surface area contributed by atoms with E-state index in [9.17, 15) is 14.7 Å². The van der Waals surface area contributed by atoms with Crippen LogP contribution >= 0.6 is 12.2 Å². The van der Waals surface area contributed by atoms with Crippen molar-refractivity contribution >= 4 is 23.0 Å². The van der Waals surface area contributed by atoms with Gasteiger partial charge in [-0.25, -0.2) is 4.79 Å². The summed E-state index contributed by atoms with van der Waals surface area (Å²) in [6, 6.07) is 15.1. The van der Waals surface area contributed by atoms with Crippen LogP contribution in [0.2, 0.25) is 0 Å². The Morgan fingerprint density at radius 3 is 2.56 bits per heavy atom. The summed E-state index contributed by atoms with van der Waals surface area (Å²) in [5, 5.41) is 16.9. The number of rotatable bonds is 8. The number of benzene rings is 2. The number of anilines is 1. The molecule has 11 heteroatoms. The van der Waals surface area contributed by atoms with E-state index in [4.69, 9.17) is 26.4 Å². The van der Waals surface area contributed by atoms with E-state index in [1.807, 2.05) is 48.5 Å². The first-order valence-corrected chi connectivity index (χ1v) is 11.8. The number of thiocarbonyl (C=S) groups is 1. The number of aliphatic hydroxyl groups is 1. The molecule has 0 bridgehead atoms. The lowest BCUT2D eigenvalue weighted by molar-refractivity contribution is -0.0172. The van der Waals surface area contributed by atoms with E-state index in [0.29, 0.717) is 17.3 Å². The normalized spacial score (nSPS) is 19.0. The Morgan fingerprint density at radius 1 is 1.17 bits per heavy atom. The summed E-state index contributed by atoms with van der Waals surface area (Å²) >= 11 is 5.36. The molecule has 3 aromatic rings. The number of aliphatic hydroxyl groups excluding tert-OH is 1. The van der Waals surface area contributed by atoms with Crippen molar-refractivity contribution in [2.75, 3.05) is 19.0 Å². The lowest BCUT2D eigenvalue weighted by Crippen LogP contribution is -2.39. The Kier molecular flexibility index (Phi) is 8.04. The second-order valence-electron chi connectivity index (χ2n) is 8.41. The summed E-state index contributed by atoms with van der Waals surface area (Å²) in [5.74, 6) is 1.52. The van der Waals surface area contributed by atoms with Gasteiger partial charge in [0.25, 0.3) is 5.56 Å². The topological polar surface area (TPSA) is 127 Å². The van der Waals surface area contributed by atoms with Gasteiger partial charge < -0.3 is 30.0 Å². The van der Waals surface area contributed by atoms with E-state index >= 15 is 0 Å². The van der Waals surface area contributed by atoms with Crippen LogP contribution in [0.25, 0.3) is 0 Å². The maximum atomic E-state index is 12.1. The van der Waals surface area contributed by atoms with Crippen LogP contribution in [-0.2, 0) is 11.3 Å². The van der Waals surface area contributed by atoms with E-state index in [-0.39, 0.29) is 13.0 Å². The zero-order valence-electron chi connectivity index (χ0n) is 19.9. The fourth-order valence-corrected chi connectivity index (χ4v) is 3.96. The SMILES string of the molecule is COc1ccc(COc2ccc(NC(=S)NC[C@H]3O[C@H](n4cc(C)c(=O)[nH]c4=O)C[C@@H]3O)cc2)cc1. The number of aryl methyl sites for hydroxylation is 1. The van der Waals surface area contributed by atoms with E-state index in [0.717, 1.165) is 22.7 Å². The van der Waals surface area contributed by atoms with Crippen molar-refractivity contribution in [2.24, 2.45) is 0 Å². The molecule has 1 aliphatic rings. The highest BCUT2D eigenvalue weighted by Crippen LogP contribution is 2.27. The molecule has 0 radical (unpaired) electrons. The Bertz CT molecular complexity index is 1310. The third-order valence-corrected chi connectivity index (χ3v) is 6.05. The van der Waals surface area contributed by atoms with Gasteiger partial charge in [0.15, 0.2) is 5.11 Å². The number of aromatic nitrogens is 2. The first-order valence-electron chi connectivity index (χ1n) is 11.4. The summed E-state index contributed by atoms with van der Waals surface area (Å²) < 4.78 is 18.1. The minimum atomic E-state index is -0.799. The molecule has 0 amide bonds. The van der Waals surface area contributed by atoms with Crippen molar-refractivity contribution in [2.45, 2.75) is 38.4 Å². The molecular weight excluding hydrogens is 484 g/mol. The Morgan fingerprint density at radius 2 is 1.86 bits per heavy atom. The molecule has 1 saturated heterocycles.